The largest absolute Gasteiger partial charge is 0.378 e. The molecule has 162 valence electrons. The summed E-state index contributed by atoms with van der Waals surface area (Å²) in [5.74, 6) is -0.913. The molecule has 4 rings (SSSR count). The fourth-order valence-electron chi connectivity index (χ4n) is 3.96. The highest BCUT2D eigenvalue weighted by Gasteiger charge is 2.21. The molecule has 1 aliphatic heterocycles. The predicted octanol–water partition coefficient (Wildman–Crippen LogP) is 4.56. The molecule has 31 heavy (non-hydrogen) atoms. The van der Waals surface area contributed by atoms with Gasteiger partial charge in [-0.2, -0.15) is 0 Å². The Bertz CT molecular complexity index is 1220. The van der Waals surface area contributed by atoms with Crippen LogP contribution in [0.5, 0.6) is 0 Å². The third kappa shape index (κ3) is 3.95. The first-order valence-electron chi connectivity index (χ1n) is 10.1. The zero-order chi connectivity index (χ0) is 22.1. The van der Waals surface area contributed by atoms with Gasteiger partial charge in [-0.05, 0) is 37.6 Å². The Kier molecular flexibility index (Phi) is 5.82. The van der Waals surface area contributed by atoms with Crippen LogP contribution in [0, 0.1) is 5.82 Å². The van der Waals surface area contributed by atoms with Crippen molar-refractivity contribution in [3.05, 3.63) is 75.5 Å². The molecular formula is C23H23F3N4O. The summed E-state index contributed by atoms with van der Waals surface area (Å²) in [6.07, 6.45) is 1.42. The van der Waals surface area contributed by atoms with Gasteiger partial charge in [0.05, 0.1) is 11.6 Å². The van der Waals surface area contributed by atoms with Crippen LogP contribution in [0.25, 0.3) is 16.6 Å². The maximum Gasteiger partial charge on any atom is 0.266 e. The maximum absolute atomic E-state index is 14.6. The summed E-state index contributed by atoms with van der Waals surface area (Å²) < 4.78 is 42.3. The number of halogens is 3. The Morgan fingerprint density at radius 2 is 2.00 bits per heavy atom. The molecule has 0 saturated carbocycles. The summed E-state index contributed by atoms with van der Waals surface area (Å²) in [5, 5.41) is 7.15. The van der Waals surface area contributed by atoms with Gasteiger partial charge in [-0.1, -0.05) is 24.3 Å². The summed E-state index contributed by atoms with van der Waals surface area (Å²) in [5.41, 5.74) is 2.11. The van der Waals surface area contributed by atoms with Crippen LogP contribution in [0.2, 0.25) is 0 Å². The lowest BCUT2D eigenvalue weighted by Gasteiger charge is -2.20. The second-order valence-electron chi connectivity index (χ2n) is 7.62. The molecule has 1 aliphatic rings. The van der Waals surface area contributed by atoms with E-state index in [0.29, 0.717) is 28.8 Å². The number of hydrogen-bond acceptors (Lipinski definition) is 4. The number of fused-ring (bicyclic) bond motifs is 1. The molecule has 0 unspecified atom stereocenters. The molecule has 3 aromatic rings. The number of aryl methyl sites for hydroxylation is 1. The second kappa shape index (κ2) is 8.55. The van der Waals surface area contributed by atoms with Crippen molar-refractivity contribution < 1.29 is 13.2 Å². The lowest BCUT2D eigenvalue weighted by molar-refractivity contribution is 0.146. The van der Waals surface area contributed by atoms with Gasteiger partial charge in [0.25, 0.3) is 12.0 Å². The topological polar surface area (TPSA) is 59.0 Å². The van der Waals surface area contributed by atoms with Crippen LogP contribution in [-0.4, -0.2) is 22.6 Å². The number of rotatable bonds is 5. The summed E-state index contributed by atoms with van der Waals surface area (Å²) >= 11 is 0. The standard InChI is InChI=1S/C23H23F3N4O/c1-13(15-4-3-5-16(20(15)24)21(25)26)29-19-8-11-28-22-18(19)12-17(23(31)30(22)2)14-6-9-27-10-7-14/h3-6,8,11-13,21,27H,7,9-10H2,1-2H3,(H,28,29)/t13-/m1/s1. The molecular weight excluding hydrogens is 405 g/mol. The number of hydrogen-bond donors (Lipinski definition) is 2. The fourth-order valence-corrected chi connectivity index (χ4v) is 3.96. The van der Waals surface area contributed by atoms with Crippen molar-refractivity contribution in [2.24, 2.45) is 7.05 Å². The zero-order valence-corrected chi connectivity index (χ0v) is 17.3. The first-order chi connectivity index (χ1) is 14.9. The Morgan fingerprint density at radius 1 is 1.23 bits per heavy atom. The van der Waals surface area contributed by atoms with E-state index in [1.54, 1.807) is 26.2 Å². The smallest absolute Gasteiger partial charge is 0.266 e. The lowest BCUT2D eigenvalue weighted by atomic mass is 9.99. The molecule has 8 heteroatoms. The second-order valence-corrected chi connectivity index (χ2v) is 7.62. The van der Waals surface area contributed by atoms with Crippen molar-refractivity contribution >= 4 is 22.3 Å². The van der Waals surface area contributed by atoms with E-state index in [9.17, 15) is 18.0 Å². The van der Waals surface area contributed by atoms with E-state index in [1.807, 2.05) is 12.1 Å². The minimum atomic E-state index is -2.88. The van der Waals surface area contributed by atoms with Crippen molar-refractivity contribution in [2.45, 2.75) is 25.8 Å². The van der Waals surface area contributed by atoms with Gasteiger partial charge < -0.3 is 10.6 Å². The van der Waals surface area contributed by atoms with Crippen molar-refractivity contribution in [2.75, 3.05) is 18.4 Å². The Hall–Kier alpha value is -3.13. The molecule has 1 atom stereocenters. The van der Waals surface area contributed by atoms with Crippen LogP contribution in [0.1, 0.15) is 42.5 Å². The van der Waals surface area contributed by atoms with Gasteiger partial charge >= 0.3 is 0 Å². The van der Waals surface area contributed by atoms with Gasteiger partial charge in [0.2, 0.25) is 0 Å². The highest BCUT2D eigenvalue weighted by Crippen LogP contribution is 2.31. The van der Waals surface area contributed by atoms with Crippen LogP contribution in [0.4, 0.5) is 18.9 Å². The molecule has 2 N–H and O–H groups in total. The highest BCUT2D eigenvalue weighted by atomic mass is 19.3. The van der Waals surface area contributed by atoms with Crippen LogP contribution < -0.4 is 16.2 Å². The van der Waals surface area contributed by atoms with Gasteiger partial charge in [-0.3, -0.25) is 9.36 Å². The number of alkyl halides is 2. The minimum Gasteiger partial charge on any atom is -0.378 e. The van der Waals surface area contributed by atoms with E-state index in [0.717, 1.165) is 24.6 Å². The van der Waals surface area contributed by atoms with Crippen molar-refractivity contribution in [1.82, 2.24) is 14.9 Å². The Labute approximate surface area is 177 Å². The predicted molar refractivity (Wildman–Crippen MR) is 116 cm³/mol. The molecule has 0 radical (unpaired) electrons. The molecule has 0 fully saturated rings. The number of aromatic nitrogens is 2. The molecule has 5 nitrogen and oxygen atoms in total. The number of benzene rings is 1. The maximum atomic E-state index is 14.6. The van der Waals surface area contributed by atoms with Crippen LogP contribution in [0.3, 0.4) is 0 Å². The Balaban J connectivity index is 1.78. The zero-order valence-electron chi connectivity index (χ0n) is 17.3. The van der Waals surface area contributed by atoms with Crippen molar-refractivity contribution in [3.63, 3.8) is 0 Å². The molecule has 3 heterocycles. The minimum absolute atomic E-state index is 0.131. The van der Waals surface area contributed by atoms with Crippen molar-refractivity contribution in [3.8, 4) is 0 Å². The normalized spacial score (nSPS) is 15.2. The van der Waals surface area contributed by atoms with E-state index in [4.69, 9.17) is 0 Å². The fraction of sp³-hybridized carbons (Fsp3) is 0.304. The van der Waals surface area contributed by atoms with Crippen molar-refractivity contribution in [1.29, 1.82) is 0 Å². The molecule has 0 aliphatic carbocycles. The SMILES string of the molecule is C[C@@H](Nc1ccnc2c1cc(C1=CCNCC1)c(=O)n2C)c1cccc(C(F)F)c1F. The van der Waals surface area contributed by atoms with Crippen LogP contribution in [-0.2, 0) is 7.05 Å². The van der Waals surface area contributed by atoms with Gasteiger partial charge in [0.15, 0.2) is 0 Å². The Morgan fingerprint density at radius 3 is 2.71 bits per heavy atom. The van der Waals surface area contributed by atoms with E-state index >= 15 is 0 Å². The van der Waals surface area contributed by atoms with E-state index in [-0.39, 0.29) is 11.1 Å². The third-order valence-electron chi connectivity index (χ3n) is 5.65. The van der Waals surface area contributed by atoms with E-state index < -0.39 is 23.8 Å². The molecule has 0 saturated heterocycles. The number of nitrogens with one attached hydrogen (secondary N) is 2. The summed E-state index contributed by atoms with van der Waals surface area (Å²) in [4.78, 5) is 17.2. The summed E-state index contributed by atoms with van der Waals surface area (Å²) in [6.45, 7) is 3.20. The van der Waals surface area contributed by atoms with E-state index in [1.165, 1.54) is 16.7 Å². The van der Waals surface area contributed by atoms with Gasteiger partial charge in [-0.15, -0.1) is 0 Å². The average Bonchev–Trinajstić information content (AvgIpc) is 2.77. The van der Waals surface area contributed by atoms with E-state index in [2.05, 4.69) is 15.6 Å². The summed E-state index contributed by atoms with van der Waals surface area (Å²) in [6, 6.07) is 6.97. The monoisotopic (exact) mass is 428 g/mol. The lowest BCUT2D eigenvalue weighted by Crippen LogP contribution is -2.26. The van der Waals surface area contributed by atoms with Gasteiger partial charge in [0, 0.05) is 42.0 Å². The molecule has 2 aromatic heterocycles. The van der Waals surface area contributed by atoms with Gasteiger partial charge in [0.1, 0.15) is 11.5 Å². The van der Waals surface area contributed by atoms with Crippen LogP contribution in [0.15, 0.2) is 47.4 Å². The molecule has 0 amide bonds. The van der Waals surface area contributed by atoms with Crippen LogP contribution >= 0.6 is 0 Å². The molecule has 0 spiro atoms. The number of pyridine rings is 2. The number of anilines is 1. The first-order valence-corrected chi connectivity index (χ1v) is 10.1. The first kappa shape index (κ1) is 21.1. The highest BCUT2D eigenvalue weighted by molar-refractivity contribution is 5.91. The quantitative estimate of drug-likeness (QED) is 0.626. The summed E-state index contributed by atoms with van der Waals surface area (Å²) in [7, 11) is 1.67. The molecule has 1 aromatic carbocycles. The average molecular weight is 428 g/mol. The number of nitrogens with zero attached hydrogens (tertiary/aromatic N) is 2. The third-order valence-corrected chi connectivity index (χ3v) is 5.65. The van der Waals surface area contributed by atoms with Gasteiger partial charge in [-0.25, -0.2) is 18.2 Å². The molecule has 0 bridgehead atoms.